The molecule has 0 bridgehead atoms. The smallest absolute Gasteiger partial charge is 0.220 e. The summed E-state index contributed by atoms with van der Waals surface area (Å²) in [6.07, 6.45) is 4.17. The van der Waals surface area contributed by atoms with Crippen LogP contribution in [0.2, 0.25) is 0 Å². The number of carbonyl (C=O) groups is 1. The summed E-state index contributed by atoms with van der Waals surface area (Å²) in [5, 5.41) is 17.4. The van der Waals surface area contributed by atoms with E-state index in [1.54, 1.807) is 18.2 Å². The van der Waals surface area contributed by atoms with Crippen LogP contribution in [0, 0.1) is 0 Å². The third kappa shape index (κ3) is 3.18. The van der Waals surface area contributed by atoms with E-state index in [0.717, 1.165) is 0 Å². The highest BCUT2D eigenvalue weighted by Crippen LogP contribution is 2.30. The van der Waals surface area contributed by atoms with Crippen LogP contribution < -0.4 is 5.32 Å². The fourth-order valence-electron chi connectivity index (χ4n) is 1.89. The van der Waals surface area contributed by atoms with Crippen molar-refractivity contribution in [2.45, 2.75) is 18.4 Å². The highest BCUT2D eigenvalue weighted by Gasteiger charge is 2.35. The predicted molar refractivity (Wildman–Crippen MR) is 78.5 cm³/mol. The maximum absolute atomic E-state index is 11.7. The van der Waals surface area contributed by atoms with Crippen LogP contribution in [-0.4, -0.2) is 17.6 Å². The van der Waals surface area contributed by atoms with E-state index in [-0.39, 0.29) is 12.5 Å². The van der Waals surface area contributed by atoms with Gasteiger partial charge in [0.05, 0.1) is 12.8 Å². The maximum atomic E-state index is 11.7. The van der Waals surface area contributed by atoms with Crippen LogP contribution in [0.3, 0.4) is 0 Å². The average molecular weight is 291 g/mol. The van der Waals surface area contributed by atoms with Gasteiger partial charge in [-0.05, 0) is 35.4 Å². The SMILES string of the molecule is C=CCCC(=O)NCC(O)(c1ccsc1)c1ccco1. The van der Waals surface area contributed by atoms with Gasteiger partial charge in [0.25, 0.3) is 0 Å². The summed E-state index contributed by atoms with van der Waals surface area (Å²) in [7, 11) is 0. The normalized spacial score (nSPS) is 13.7. The van der Waals surface area contributed by atoms with Gasteiger partial charge in [-0.15, -0.1) is 6.58 Å². The zero-order valence-corrected chi connectivity index (χ0v) is 11.9. The zero-order chi connectivity index (χ0) is 14.4. The van der Waals surface area contributed by atoms with Crippen LogP contribution in [-0.2, 0) is 10.4 Å². The number of allylic oxidation sites excluding steroid dienone is 1. The Morgan fingerprint density at radius 2 is 2.40 bits per heavy atom. The Morgan fingerprint density at radius 3 is 3.00 bits per heavy atom. The summed E-state index contributed by atoms with van der Waals surface area (Å²) in [4.78, 5) is 11.7. The minimum atomic E-state index is -1.34. The molecule has 0 aliphatic rings. The van der Waals surface area contributed by atoms with E-state index in [0.29, 0.717) is 24.2 Å². The molecule has 0 aliphatic heterocycles. The van der Waals surface area contributed by atoms with E-state index in [9.17, 15) is 9.90 Å². The van der Waals surface area contributed by atoms with Gasteiger partial charge in [0, 0.05) is 12.0 Å². The predicted octanol–water partition coefficient (Wildman–Crippen LogP) is 2.66. The maximum Gasteiger partial charge on any atom is 0.220 e. The van der Waals surface area contributed by atoms with Crippen molar-refractivity contribution in [3.8, 4) is 0 Å². The van der Waals surface area contributed by atoms with Crippen molar-refractivity contribution in [2.75, 3.05) is 6.54 Å². The van der Waals surface area contributed by atoms with E-state index in [4.69, 9.17) is 4.42 Å². The molecule has 1 atom stereocenters. The van der Waals surface area contributed by atoms with Crippen LogP contribution in [0.4, 0.5) is 0 Å². The second-order valence-corrected chi connectivity index (χ2v) is 5.23. The molecule has 20 heavy (non-hydrogen) atoms. The third-order valence-electron chi connectivity index (χ3n) is 3.04. The number of hydrogen-bond acceptors (Lipinski definition) is 4. The first-order chi connectivity index (χ1) is 9.66. The largest absolute Gasteiger partial charge is 0.466 e. The number of nitrogens with one attached hydrogen (secondary N) is 1. The second kappa shape index (κ2) is 6.54. The lowest BCUT2D eigenvalue weighted by molar-refractivity contribution is -0.122. The number of amides is 1. The topological polar surface area (TPSA) is 62.5 Å². The first-order valence-corrected chi connectivity index (χ1v) is 7.27. The van der Waals surface area contributed by atoms with E-state index < -0.39 is 5.60 Å². The molecule has 2 aromatic rings. The highest BCUT2D eigenvalue weighted by atomic mass is 32.1. The van der Waals surface area contributed by atoms with Crippen molar-refractivity contribution < 1.29 is 14.3 Å². The van der Waals surface area contributed by atoms with Gasteiger partial charge in [-0.2, -0.15) is 11.3 Å². The molecule has 0 radical (unpaired) electrons. The average Bonchev–Trinajstić information content (AvgIpc) is 3.14. The summed E-state index contributed by atoms with van der Waals surface area (Å²) >= 11 is 1.48. The van der Waals surface area contributed by atoms with E-state index in [1.807, 2.05) is 16.8 Å². The first kappa shape index (κ1) is 14.6. The van der Waals surface area contributed by atoms with Crippen molar-refractivity contribution in [2.24, 2.45) is 0 Å². The molecule has 0 fully saturated rings. The zero-order valence-electron chi connectivity index (χ0n) is 11.0. The lowest BCUT2D eigenvalue weighted by Gasteiger charge is -2.25. The van der Waals surface area contributed by atoms with Crippen molar-refractivity contribution >= 4 is 17.2 Å². The molecule has 0 spiro atoms. The number of carbonyl (C=O) groups excluding carboxylic acids is 1. The molecule has 0 saturated heterocycles. The Morgan fingerprint density at radius 1 is 1.55 bits per heavy atom. The number of aliphatic hydroxyl groups is 1. The molecule has 2 rings (SSSR count). The Balaban J connectivity index is 2.13. The standard InChI is InChI=1S/C15H17NO3S/c1-2-3-6-14(17)16-11-15(18,12-7-9-20-10-12)13-5-4-8-19-13/h2,4-5,7-10,18H,1,3,6,11H2,(H,16,17). The molecular weight excluding hydrogens is 274 g/mol. The number of thiophene rings is 1. The fourth-order valence-corrected chi connectivity index (χ4v) is 2.62. The third-order valence-corrected chi connectivity index (χ3v) is 3.73. The number of furan rings is 1. The summed E-state index contributed by atoms with van der Waals surface area (Å²) in [6.45, 7) is 3.66. The molecule has 5 heteroatoms. The monoisotopic (exact) mass is 291 g/mol. The molecule has 0 saturated carbocycles. The van der Waals surface area contributed by atoms with Crippen LogP contribution >= 0.6 is 11.3 Å². The quantitative estimate of drug-likeness (QED) is 0.771. The van der Waals surface area contributed by atoms with E-state index in [1.165, 1.54) is 17.6 Å². The van der Waals surface area contributed by atoms with Crippen molar-refractivity contribution in [1.82, 2.24) is 5.32 Å². The lowest BCUT2D eigenvalue weighted by Crippen LogP contribution is -2.41. The minimum absolute atomic E-state index is 0.0766. The Hall–Kier alpha value is -1.85. The Kier molecular flexibility index (Phi) is 4.76. The van der Waals surface area contributed by atoms with Crippen LogP contribution in [0.25, 0.3) is 0 Å². The minimum Gasteiger partial charge on any atom is -0.466 e. The molecular formula is C15H17NO3S. The fraction of sp³-hybridized carbons (Fsp3) is 0.267. The van der Waals surface area contributed by atoms with Gasteiger partial charge in [-0.3, -0.25) is 4.79 Å². The van der Waals surface area contributed by atoms with Gasteiger partial charge in [0.2, 0.25) is 5.91 Å². The van der Waals surface area contributed by atoms with E-state index >= 15 is 0 Å². The van der Waals surface area contributed by atoms with Gasteiger partial charge < -0.3 is 14.8 Å². The Labute approximate surface area is 121 Å². The number of rotatable bonds is 7. The van der Waals surface area contributed by atoms with Crippen LogP contribution in [0.5, 0.6) is 0 Å². The first-order valence-electron chi connectivity index (χ1n) is 6.33. The molecule has 1 unspecified atom stereocenters. The van der Waals surface area contributed by atoms with Gasteiger partial charge >= 0.3 is 0 Å². The molecule has 2 heterocycles. The summed E-state index contributed by atoms with van der Waals surface area (Å²) in [6, 6.07) is 5.24. The second-order valence-electron chi connectivity index (χ2n) is 4.45. The molecule has 4 nitrogen and oxygen atoms in total. The number of hydrogen-bond donors (Lipinski definition) is 2. The van der Waals surface area contributed by atoms with E-state index in [2.05, 4.69) is 11.9 Å². The summed E-state index contributed by atoms with van der Waals surface area (Å²) in [5.74, 6) is 0.296. The van der Waals surface area contributed by atoms with Crippen molar-refractivity contribution in [1.29, 1.82) is 0 Å². The molecule has 1 amide bonds. The van der Waals surface area contributed by atoms with Crippen molar-refractivity contribution in [3.05, 3.63) is 59.2 Å². The highest BCUT2D eigenvalue weighted by molar-refractivity contribution is 7.08. The molecule has 106 valence electrons. The van der Waals surface area contributed by atoms with Gasteiger partial charge in [0.15, 0.2) is 5.60 Å². The van der Waals surface area contributed by atoms with Gasteiger partial charge in [0.1, 0.15) is 5.76 Å². The Bertz CT molecular complexity index is 511. The summed E-state index contributed by atoms with van der Waals surface area (Å²) < 4.78 is 5.32. The molecule has 0 aromatic carbocycles. The molecule has 0 aliphatic carbocycles. The van der Waals surface area contributed by atoms with Crippen molar-refractivity contribution in [3.63, 3.8) is 0 Å². The molecule has 2 aromatic heterocycles. The van der Waals surface area contributed by atoms with Gasteiger partial charge in [-0.25, -0.2) is 0 Å². The summed E-state index contributed by atoms with van der Waals surface area (Å²) in [5.41, 5.74) is -0.630. The molecule has 2 N–H and O–H groups in total. The lowest BCUT2D eigenvalue weighted by atomic mass is 9.93. The van der Waals surface area contributed by atoms with Crippen LogP contribution in [0.15, 0.2) is 52.3 Å². The van der Waals surface area contributed by atoms with Crippen LogP contribution in [0.1, 0.15) is 24.2 Å². The van der Waals surface area contributed by atoms with Gasteiger partial charge in [-0.1, -0.05) is 6.08 Å².